The van der Waals surface area contributed by atoms with E-state index in [9.17, 15) is 9.18 Å². The molecule has 0 amide bonds. The number of benzene rings is 3. The van der Waals surface area contributed by atoms with Gasteiger partial charge in [-0.05, 0) is 48.1 Å². The van der Waals surface area contributed by atoms with Gasteiger partial charge in [0, 0.05) is 23.3 Å². The molecule has 0 unspecified atom stereocenters. The van der Waals surface area contributed by atoms with Crippen molar-refractivity contribution in [2.24, 2.45) is 23.5 Å². The van der Waals surface area contributed by atoms with Gasteiger partial charge in [0.05, 0.1) is 24.4 Å². The predicted octanol–water partition coefficient (Wildman–Crippen LogP) is 4.40. The monoisotopic (exact) mass is 432 g/mol. The molecule has 32 heavy (non-hydrogen) atoms. The maximum atomic E-state index is 14.5. The highest BCUT2D eigenvalue weighted by atomic mass is 19.1. The van der Waals surface area contributed by atoms with E-state index in [0.29, 0.717) is 16.6 Å². The lowest BCUT2D eigenvalue weighted by molar-refractivity contribution is 0.0527. The van der Waals surface area contributed by atoms with E-state index in [4.69, 9.17) is 16.2 Å². The van der Waals surface area contributed by atoms with Crippen LogP contribution in [0.15, 0.2) is 53.5 Å². The number of rotatable bonds is 5. The second kappa shape index (κ2) is 8.34. The van der Waals surface area contributed by atoms with Gasteiger partial charge >= 0.3 is 5.97 Å². The Balaban J connectivity index is 1.96. The Kier molecular flexibility index (Phi) is 5.57. The topological polar surface area (TPSA) is 95.6 Å². The molecule has 0 atom stereocenters. The number of carbonyl (C=O) groups excluding carboxylic acids is 1. The first-order chi connectivity index (χ1) is 15.3. The number of hydrogen-bond donors (Lipinski definition) is 2. The summed E-state index contributed by atoms with van der Waals surface area (Å²) in [5, 5.41) is 2.20. The lowest BCUT2D eigenvalue weighted by Crippen LogP contribution is -2.23. The second-order valence-corrected chi connectivity index (χ2v) is 7.67. The molecular formula is C25H25FN4O2. The fourth-order valence-corrected chi connectivity index (χ4v) is 4.23. The highest BCUT2D eigenvalue weighted by Crippen LogP contribution is 2.35. The Hall–Kier alpha value is -3.87. The van der Waals surface area contributed by atoms with Gasteiger partial charge in [-0.25, -0.2) is 14.2 Å². The number of guanidine groups is 1. The lowest BCUT2D eigenvalue weighted by Gasteiger charge is -2.11. The third kappa shape index (κ3) is 3.56. The van der Waals surface area contributed by atoms with Gasteiger partial charge < -0.3 is 20.8 Å². The largest absolute Gasteiger partial charge is 0.462 e. The molecule has 1 heterocycles. The van der Waals surface area contributed by atoms with Crippen molar-refractivity contribution in [1.29, 1.82) is 0 Å². The van der Waals surface area contributed by atoms with E-state index in [1.165, 1.54) is 6.07 Å². The SMILES string of the molecule is CCOC(=O)c1c(CN=C(N)N)n(C)c2cc(-c3ccc(F)c4c(C)cccc34)ccc12. The van der Waals surface area contributed by atoms with Crippen LogP contribution in [0.5, 0.6) is 0 Å². The van der Waals surface area contributed by atoms with E-state index in [2.05, 4.69) is 4.99 Å². The summed E-state index contributed by atoms with van der Waals surface area (Å²) in [4.78, 5) is 16.9. The summed E-state index contributed by atoms with van der Waals surface area (Å²) >= 11 is 0. The zero-order valence-electron chi connectivity index (χ0n) is 18.3. The molecule has 0 saturated heterocycles. The van der Waals surface area contributed by atoms with E-state index in [0.717, 1.165) is 33.0 Å². The Bertz CT molecular complexity index is 1380. The van der Waals surface area contributed by atoms with E-state index in [1.807, 2.05) is 54.9 Å². The molecule has 6 nitrogen and oxygen atoms in total. The summed E-state index contributed by atoms with van der Waals surface area (Å²) in [6.45, 7) is 4.07. The maximum Gasteiger partial charge on any atom is 0.340 e. The summed E-state index contributed by atoms with van der Waals surface area (Å²) in [5.41, 5.74) is 15.7. The fraction of sp³-hybridized carbons (Fsp3) is 0.200. The van der Waals surface area contributed by atoms with Gasteiger partial charge in [-0.3, -0.25) is 0 Å². The number of esters is 1. The van der Waals surface area contributed by atoms with Crippen LogP contribution < -0.4 is 11.5 Å². The van der Waals surface area contributed by atoms with Crippen molar-refractivity contribution in [2.45, 2.75) is 20.4 Å². The van der Waals surface area contributed by atoms with Crippen molar-refractivity contribution in [1.82, 2.24) is 4.57 Å². The van der Waals surface area contributed by atoms with Crippen LogP contribution in [0.3, 0.4) is 0 Å². The smallest absolute Gasteiger partial charge is 0.340 e. The summed E-state index contributed by atoms with van der Waals surface area (Å²) in [7, 11) is 1.86. The van der Waals surface area contributed by atoms with Crippen molar-refractivity contribution in [3.63, 3.8) is 0 Å². The van der Waals surface area contributed by atoms with Crippen LogP contribution in [-0.2, 0) is 18.3 Å². The highest BCUT2D eigenvalue weighted by Gasteiger charge is 2.23. The van der Waals surface area contributed by atoms with Crippen molar-refractivity contribution in [3.8, 4) is 11.1 Å². The first-order valence-electron chi connectivity index (χ1n) is 10.4. The van der Waals surface area contributed by atoms with E-state index >= 15 is 0 Å². The first-order valence-corrected chi connectivity index (χ1v) is 10.4. The number of halogens is 1. The number of aryl methyl sites for hydroxylation is 2. The van der Waals surface area contributed by atoms with E-state index < -0.39 is 5.97 Å². The predicted molar refractivity (Wildman–Crippen MR) is 126 cm³/mol. The quantitative estimate of drug-likeness (QED) is 0.278. The van der Waals surface area contributed by atoms with Crippen LogP contribution in [0.25, 0.3) is 32.8 Å². The fourth-order valence-electron chi connectivity index (χ4n) is 4.23. The zero-order chi connectivity index (χ0) is 23.0. The number of hydrogen-bond acceptors (Lipinski definition) is 3. The lowest BCUT2D eigenvalue weighted by atomic mass is 9.95. The van der Waals surface area contributed by atoms with Gasteiger partial charge in [0.2, 0.25) is 0 Å². The van der Waals surface area contributed by atoms with Crippen LogP contribution >= 0.6 is 0 Å². The number of carbonyl (C=O) groups is 1. The van der Waals surface area contributed by atoms with Crippen LogP contribution in [0, 0.1) is 12.7 Å². The highest BCUT2D eigenvalue weighted by molar-refractivity contribution is 6.08. The number of aliphatic imine (C=N–C) groups is 1. The average Bonchev–Trinajstić information content (AvgIpc) is 3.04. The minimum absolute atomic E-state index is 0.0566. The van der Waals surface area contributed by atoms with Crippen molar-refractivity contribution >= 4 is 33.6 Å². The standard InChI is InChI=1S/C25H25FN4O2/c1-4-32-24(31)23-18-9-8-15(12-20(18)30(3)21(23)13-29-25(27)28)16-10-11-19(26)22-14(2)6-5-7-17(16)22/h5-12H,4,13H2,1-3H3,(H4,27,28,29). The molecule has 0 radical (unpaired) electrons. The van der Waals surface area contributed by atoms with Crippen LogP contribution in [-0.4, -0.2) is 23.1 Å². The molecule has 1 aromatic heterocycles. The summed E-state index contributed by atoms with van der Waals surface area (Å²) in [6, 6.07) is 14.8. The van der Waals surface area contributed by atoms with Gasteiger partial charge in [-0.2, -0.15) is 0 Å². The Labute approximate surface area is 185 Å². The minimum atomic E-state index is -0.422. The Morgan fingerprint density at radius 1 is 1.12 bits per heavy atom. The van der Waals surface area contributed by atoms with Crippen molar-refractivity contribution in [3.05, 3.63) is 71.2 Å². The summed E-state index contributed by atoms with van der Waals surface area (Å²) in [6.07, 6.45) is 0. The molecular weight excluding hydrogens is 407 g/mol. The molecule has 0 bridgehead atoms. The van der Waals surface area contributed by atoms with Gasteiger partial charge in [-0.1, -0.05) is 36.4 Å². The molecule has 7 heteroatoms. The molecule has 164 valence electrons. The van der Waals surface area contributed by atoms with Gasteiger partial charge in [0.25, 0.3) is 0 Å². The number of nitrogens with zero attached hydrogens (tertiary/aromatic N) is 2. The van der Waals surface area contributed by atoms with Crippen LogP contribution in [0.2, 0.25) is 0 Å². The molecule has 4 rings (SSSR count). The first kappa shape index (κ1) is 21.4. The normalized spacial score (nSPS) is 11.1. The Morgan fingerprint density at radius 3 is 2.62 bits per heavy atom. The van der Waals surface area contributed by atoms with Gasteiger partial charge in [0.15, 0.2) is 5.96 Å². The number of nitrogens with two attached hydrogens (primary N) is 2. The van der Waals surface area contributed by atoms with Crippen molar-refractivity contribution < 1.29 is 13.9 Å². The Morgan fingerprint density at radius 2 is 1.91 bits per heavy atom. The van der Waals surface area contributed by atoms with Gasteiger partial charge in [0.1, 0.15) is 5.82 Å². The molecule has 4 N–H and O–H groups in total. The zero-order valence-corrected chi connectivity index (χ0v) is 18.3. The molecule has 0 spiro atoms. The number of aromatic nitrogens is 1. The van der Waals surface area contributed by atoms with E-state index in [1.54, 1.807) is 13.0 Å². The summed E-state index contributed by atoms with van der Waals surface area (Å²) < 4.78 is 21.7. The van der Waals surface area contributed by atoms with Crippen molar-refractivity contribution in [2.75, 3.05) is 6.61 Å². The minimum Gasteiger partial charge on any atom is -0.462 e. The molecule has 0 fully saturated rings. The van der Waals surface area contributed by atoms with Gasteiger partial charge in [-0.15, -0.1) is 0 Å². The molecule has 0 aliphatic rings. The third-order valence-corrected chi connectivity index (χ3v) is 5.72. The summed E-state index contributed by atoms with van der Waals surface area (Å²) in [5.74, 6) is -0.723. The molecule has 3 aromatic carbocycles. The number of fused-ring (bicyclic) bond motifs is 2. The third-order valence-electron chi connectivity index (χ3n) is 5.72. The van der Waals surface area contributed by atoms with Crippen LogP contribution in [0.1, 0.15) is 28.5 Å². The molecule has 0 aliphatic carbocycles. The molecule has 0 saturated carbocycles. The molecule has 4 aromatic rings. The average molecular weight is 432 g/mol. The number of ether oxygens (including phenoxy) is 1. The van der Waals surface area contributed by atoms with Crippen LogP contribution in [0.4, 0.5) is 4.39 Å². The second-order valence-electron chi connectivity index (χ2n) is 7.67. The van der Waals surface area contributed by atoms with E-state index in [-0.39, 0.29) is 24.9 Å². The molecule has 0 aliphatic heterocycles. The maximum absolute atomic E-state index is 14.5.